The third-order valence-corrected chi connectivity index (χ3v) is 11.2. The zero-order chi connectivity index (χ0) is 37.5. The van der Waals surface area contributed by atoms with Crippen LogP contribution >= 0.6 is 0 Å². The Hall–Kier alpha value is -7.83. The van der Waals surface area contributed by atoms with E-state index in [1.54, 1.807) is 0 Å². The van der Waals surface area contributed by atoms with Gasteiger partial charge in [0.25, 0.3) is 0 Å². The van der Waals surface area contributed by atoms with Gasteiger partial charge in [-0.1, -0.05) is 140 Å². The third-order valence-electron chi connectivity index (χ3n) is 11.2. The van der Waals surface area contributed by atoms with Crippen LogP contribution in [0.1, 0.15) is 0 Å². The molecule has 6 nitrogen and oxygen atoms in total. The predicted molar refractivity (Wildman–Crippen MR) is 232 cm³/mol. The van der Waals surface area contributed by atoms with E-state index in [0.717, 1.165) is 66.6 Å². The molecule has 6 heteroatoms. The molecule has 0 spiro atoms. The van der Waals surface area contributed by atoms with Gasteiger partial charge in [-0.2, -0.15) is 0 Å². The van der Waals surface area contributed by atoms with Gasteiger partial charge in [0.15, 0.2) is 23.1 Å². The Morgan fingerprint density at radius 1 is 0.368 bits per heavy atom. The average molecular weight is 730 g/mol. The van der Waals surface area contributed by atoms with Gasteiger partial charge >= 0.3 is 0 Å². The first-order valence-corrected chi connectivity index (χ1v) is 19.1. The van der Waals surface area contributed by atoms with E-state index in [2.05, 4.69) is 124 Å². The number of aromatic nitrogens is 5. The number of furan rings is 1. The fourth-order valence-electron chi connectivity index (χ4n) is 8.67. The van der Waals surface area contributed by atoms with E-state index in [1.807, 2.05) is 72.8 Å². The van der Waals surface area contributed by atoms with Crippen molar-refractivity contribution in [3.63, 3.8) is 0 Å². The first-order valence-electron chi connectivity index (χ1n) is 19.1. The van der Waals surface area contributed by atoms with Crippen molar-refractivity contribution >= 4 is 65.6 Å². The topological polar surface area (TPSA) is 61.7 Å². The van der Waals surface area contributed by atoms with Crippen LogP contribution in [0, 0.1) is 0 Å². The SMILES string of the molecule is c1ccc(-c2nc(-c3ccccc3)nc(-c3cccc4oc5c(-n6c7ccccc7c7cc8c9ccccc9n(-c9ccccc9)c8cc76)cccc5c34)n2)cc1. The number of fused-ring (bicyclic) bond motifs is 9. The highest BCUT2D eigenvalue weighted by Gasteiger charge is 2.23. The largest absolute Gasteiger partial charge is 0.454 e. The summed E-state index contributed by atoms with van der Waals surface area (Å²) in [5.41, 5.74) is 10.9. The molecule has 0 aliphatic heterocycles. The standard InChI is InChI=1S/C51H31N5O/c1-4-16-32(17-5-1)49-52-50(33-18-6-2-7-19-33)54-51(53-49)38-25-15-29-46-47(38)37-24-14-28-43(48(37)57-46)56-42-27-13-11-23-36(42)40-30-39-35-22-10-12-26-41(35)55(44(39)31-45(40)56)34-20-8-3-9-21-34/h1-31H. The van der Waals surface area contributed by atoms with Gasteiger partial charge in [0.1, 0.15) is 5.58 Å². The molecule has 0 atom stereocenters. The third kappa shape index (κ3) is 4.81. The summed E-state index contributed by atoms with van der Waals surface area (Å²) in [5, 5.41) is 6.78. The molecule has 0 unspecified atom stereocenters. The summed E-state index contributed by atoms with van der Waals surface area (Å²) in [4.78, 5) is 15.1. The molecule has 0 aliphatic rings. The molecule has 0 saturated heterocycles. The monoisotopic (exact) mass is 729 g/mol. The Morgan fingerprint density at radius 2 is 0.895 bits per heavy atom. The number of rotatable bonds is 5. The van der Waals surface area contributed by atoms with Crippen LogP contribution in [0.15, 0.2) is 192 Å². The molecule has 4 aromatic heterocycles. The molecule has 0 fully saturated rings. The van der Waals surface area contributed by atoms with E-state index in [9.17, 15) is 0 Å². The second-order valence-corrected chi connectivity index (χ2v) is 14.4. The number of para-hydroxylation sites is 4. The zero-order valence-corrected chi connectivity index (χ0v) is 30.5. The van der Waals surface area contributed by atoms with Crippen molar-refractivity contribution in [3.05, 3.63) is 188 Å². The molecule has 12 aromatic rings. The number of benzene rings is 8. The summed E-state index contributed by atoms with van der Waals surface area (Å²) in [5.74, 6) is 1.83. The molecule has 4 heterocycles. The highest BCUT2D eigenvalue weighted by molar-refractivity contribution is 6.20. The van der Waals surface area contributed by atoms with Gasteiger partial charge in [-0.25, -0.2) is 15.0 Å². The van der Waals surface area contributed by atoms with Crippen LogP contribution in [0.2, 0.25) is 0 Å². The summed E-state index contributed by atoms with van der Waals surface area (Å²) in [6.45, 7) is 0. The maximum absolute atomic E-state index is 6.93. The quantitative estimate of drug-likeness (QED) is 0.177. The van der Waals surface area contributed by atoms with E-state index in [4.69, 9.17) is 19.4 Å². The lowest BCUT2D eigenvalue weighted by atomic mass is 10.0. The molecular weight excluding hydrogens is 699 g/mol. The molecule has 0 radical (unpaired) electrons. The fourth-order valence-corrected chi connectivity index (χ4v) is 8.67. The maximum Gasteiger partial charge on any atom is 0.164 e. The Balaban J connectivity index is 1.13. The van der Waals surface area contributed by atoms with Crippen LogP contribution in [0.5, 0.6) is 0 Å². The predicted octanol–water partition coefficient (Wildman–Crippen LogP) is 13.0. The Morgan fingerprint density at radius 3 is 1.56 bits per heavy atom. The number of hydrogen-bond donors (Lipinski definition) is 0. The summed E-state index contributed by atoms with van der Waals surface area (Å²) in [6, 6.07) is 65.5. The van der Waals surface area contributed by atoms with Crippen molar-refractivity contribution in [2.24, 2.45) is 0 Å². The molecule has 12 rings (SSSR count). The van der Waals surface area contributed by atoms with E-state index in [0.29, 0.717) is 17.5 Å². The molecule has 57 heavy (non-hydrogen) atoms. The van der Waals surface area contributed by atoms with E-state index >= 15 is 0 Å². The van der Waals surface area contributed by atoms with E-state index in [-0.39, 0.29) is 0 Å². The molecule has 0 saturated carbocycles. The smallest absolute Gasteiger partial charge is 0.164 e. The average Bonchev–Trinajstić information content (AvgIpc) is 3.94. The molecular formula is C51H31N5O. The van der Waals surface area contributed by atoms with E-state index in [1.165, 1.54) is 27.1 Å². The van der Waals surface area contributed by atoms with Crippen molar-refractivity contribution in [1.82, 2.24) is 24.1 Å². The van der Waals surface area contributed by atoms with Gasteiger partial charge in [-0.15, -0.1) is 0 Å². The lowest BCUT2D eigenvalue weighted by molar-refractivity contribution is 0.666. The molecule has 266 valence electrons. The highest BCUT2D eigenvalue weighted by Crippen LogP contribution is 2.43. The van der Waals surface area contributed by atoms with Gasteiger partial charge in [-0.3, -0.25) is 0 Å². The normalized spacial score (nSPS) is 11.9. The second kappa shape index (κ2) is 12.3. The van der Waals surface area contributed by atoms with Crippen molar-refractivity contribution in [2.45, 2.75) is 0 Å². The second-order valence-electron chi connectivity index (χ2n) is 14.4. The van der Waals surface area contributed by atoms with Crippen LogP contribution in [0.25, 0.3) is 111 Å². The first kappa shape index (κ1) is 31.5. The van der Waals surface area contributed by atoms with Crippen molar-refractivity contribution in [1.29, 1.82) is 0 Å². The zero-order valence-electron chi connectivity index (χ0n) is 30.5. The minimum atomic E-state index is 0.592. The first-order chi connectivity index (χ1) is 28.3. The Bertz CT molecular complexity index is 3450. The van der Waals surface area contributed by atoms with Gasteiger partial charge < -0.3 is 13.6 Å². The molecule has 0 N–H and O–H groups in total. The van der Waals surface area contributed by atoms with Gasteiger partial charge in [0, 0.05) is 54.7 Å². The minimum Gasteiger partial charge on any atom is -0.454 e. The van der Waals surface area contributed by atoms with Gasteiger partial charge in [0.2, 0.25) is 0 Å². The van der Waals surface area contributed by atoms with Crippen LogP contribution < -0.4 is 0 Å². The fraction of sp³-hybridized carbons (Fsp3) is 0. The van der Waals surface area contributed by atoms with Crippen LogP contribution in [-0.4, -0.2) is 24.1 Å². The summed E-state index contributed by atoms with van der Waals surface area (Å²) in [6.07, 6.45) is 0. The number of hydrogen-bond acceptors (Lipinski definition) is 4. The summed E-state index contributed by atoms with van der Waals surface area (Å²) in [7, 11) is 0. The lowest BCUT2D eigenvalue weighted by Gasteiger charge is -2.11. The minimum absolute atomic E-state index is 0.592. The van der Waals surface area contributed by atoms with Crippen molar-refractivity contribution in [2.75, 3.05) is 0 Å². The summed E-state index contributed by atoms with van der Waals surface area (Å²) >= 11 is 0. The maximum atomic E-state index is 6.93. The van der Waals surface area contributed by atoms with Gasteiger partial charge in [0.05, 0.1) is 27.8 Å². The van der Waals surface area contributed by atoms with Gasteiger partial charge in [-0.05, 0) is 48.5 Å². The van der Waals surface area contributed by atoms with Crippen LogP contribution in [0.4, 0.5) is 0 Å². The van der Waals surface area contributed by atoms with E-state index < -0.39 is 0 Å². The van der Waals surface area contributed by atoms with Crippen LogP contribution in [0.3, 0.4) is 0 Å². The van der Waals surface area contributed by atoms with Crippen molar-refractivity contribution in [3.8, 4) is 45.5 Å². The molecule has 0 aliphatic carbocycles. The Labute approximate surface area is 326 Å². The molecule has 0 amide bonds. The molecule has 8 aromatic carbocycles. The van der Waals surface area contributed by atoms with Crippen molar-refractivity contribution < 1.29 is 4.42 Å². The van der Waals surface area contributed by atoms with Crippen LogP contribution in [-0.2, 0) is 0 Å². The highest BCUT2D eigenvalue weighted by atomic mass is 16.3. The Kier molecular flexibility index (Phi) is 6.83. The number of nitrogens with zero attached hydrogens (tertiary/aromatic N) is 5. The molecule has 0 bridgehead atoms. The summed E-state index contributed by atoms with van der Waals surface area (Å²) < 4.78 is 11.7. The lowest BCUT2D eigenvalue weighted by Crippen LogP contribution is -2.00.